The first-order valence-electron chi connectivity index (χ1n) is 6.20. The van der Waals surface area contributed by atoms with Gasteiger partial charge in [0.05, 0.1) is 12.7 Å². The minimum absolute atomic E-state index is 0.0169. The smallest absolute Gasteiger partial charge is 0.274 e. The number of aromatic nitrogens is 2. The SMILES string of the molecule is C[C@H]1CN(C(=O)c2cc(C3CC3)[nH]n2)CCO1. The molecule has 92 valence electrons. The summed E-state index contributed by atoms with van der Waals surface area (Å²) in [6.07, 6.45) is 2.55. The molecule has 5 heteroatoms. The number of hydrogen-bond acceptors (Lipinski definition) is 3. The second-order valence-corrected chi connectivity index (χ2v) is 4.92. The van der Waals surface area contributed by atoms with E-state index in [1.54, 1.807) is 0 Å². The molecule has 0 spiro atoms. The molecule has 2 heterocycles. The van der Waals surface area contributed by atoms with Gasteiger partial charge in [0.1, 0.15) is 5.69 Å². The lowest BCUT2D eigenvalue weighted by Gasteiger charge is -2.30. The number of aromatic amines is 1. The molecule has 1 aliphatic heterocycles. The Morgan fingerprint density at radius 2 is 2.41 bits per heavy atom. The van der Waals surface area contributed by atoms with Gasteiger partial charge < -0.3 is 9.64 Å². The maximum absolute atomic E-state index is 12.2. The molecule has 0 bridgehead atoms. The van der Waals surface area contributed by atoms with E-state index in [4.69, 9.17) is 4.74 Å². The highest BCUT2D eigenvalue weighted by Gasteiger charge is 2.28. The molecule has 1 aromatic rings. The van der Waals surface area contributed by atoms with Crippen LogP contribution in [0.15, 0.2) is 6.07 Å². The van der Waals surface area contributed by atoms with Crippen LogP contribution in [0.5, 0.6) is 0 Å². The molecule has 0 unspecified atom stereocenters. The van der Waals surface area contributed by atoms with E-state index < -0.39 is 0 Å². The van der Waals surface area contributed by atoms with Gasteiger partial charge in [-0.15, -0.1) is 0 Å². The zero-order chi connectivity index (χ0) is 11.8. The highest BCUT2D eigenvalue weighted by molar-refractivity contribution is 5.92. The quantitative estimate of drug-likeness (QED) is 0.836. The van der Waals surface area contributed by atoms with Crippen molar-refractivity contribution in [1.82, 2.24) is 15.1 Å². The van der Waals surface area contributed by atoms with E-state index in [2.05, 4.69) is 10.2 Å². The topological polar surface area (TPSA) is 58.2 Å². The average molecular weight is 235 g/mol. The number of morpholine rings is 1. The third-order valence-electron chi connectivity index (χ3n) is 3.36. The molecule has 1 saturated carbocycles. The summed E-state index contributed by atoms with van der Waals surface area (Å²) in [5.41, 5.74) is 1.65. The van der Waals surface area contributed by atoms with Crippen molar-refractivity contribution in [1.29, 1.82) is 0 Å². The van der Waals surface area contributed by atoms with Crippen molar-refractivity contribution in [3.05, 3.63) is 17.5 Å². The zero-order valence-electron chi connectivity index (χ0n) is 9.98. The lowest BCUT2D eigenvalue weighted by molar-refractivity contribution is -0.0126. The zero-order valence-corrected chi connectivity index (χ0v) is 9.98. The van der Waals surface area contributed by atoms with Gasteiger partial charge in [0, 0.05) is 24.7 Å². The Labute approximate surface area is 100 Å². The summed E-state index contributed by atoms with van der Waals surface area (Å²) in [5.74, 6) is 0.621. The Morgan fingerprint density at radius 3 is 3.12 bits per heavy atom. The van der Waals surface area contributed by atoms with E-state index in [-0.39, 0.29) is 12.0 Å². The van der Waals surface area contributed by atoms with Crippen molar-refractivity contribution in [3.8, 4) is 0 Å². The Kier molecular flexibility index (Phi) is 2.63. The van der Waals surface area contributed by atoms with Crippen LogP contribution in [0.1, 0.15) is 41.9 Å². The number of carbonyl (C=O) groups excluding carboxylic acids is 1. The largest absolute Gasteiger partial charge is 0.375 e. The van der Waals surface area contributed by atoms with E-state index in [1.807, 2.05) is 17.9 Å². The van der Waals surface area contributed by atoms with E-state index in [0.29, 0.717) is 31.3 Å². The molecule has 1 atom stereocenters. The Hall–Kier alpha value is -1.36. The fourth-order valence-corrected chi connectivity index (χ4v) is 2.21. The lowest BCUT2D eigenvalue weighted by atomic mass is 10.2. The number of ether oxygens (including phenoxy) is 1. The molecular weight excluding hydrogens is 218 g/mol. The minimum atomic E-state index is 0.0169. The highest BCUT2D eigenvalue weighted by atomic mass is 16.5. The summed E-state index contributed by atoms with van der Waals surface area (Å²) in [4.78, 5) is 14.0. The van der Waals surface area contributed by atoms with Crippen molar-refractivity contribution in [3.63, 3.8) is 0 Å². The summed E-state index contributed by atoms with van der Waals surface area (Å²) in [6, 6.07) is 1.90. The Balaban J connectivity index is 1.71. The first-order chi connectivity index (χ1) is 8.24. The summed E-state index contributed by atoms with van der Waals surface area (Å²) in [7, 11) is 0. The van der Waals surface area contributed by atoms with Gasteiger partial charge in [-0.25, -0.2) is 0 Å². The van der Waals surface area contributed by atoms with Crippen LogP contribution in [0.4, 0.5) is 0 Å². The number of carbonyl (C=O) groups is 1. The van der Waals surface area contributed by atoms with Crippen molar-refractivity contribution in [2.75, 3.05) is 19.7 Å². The molecule has 2 aliphatic rings. The molecule has 3 rings (SSSR count). The number of amides is 1. The number of nitrogens with zero attached hydrogens (tertiary/aromatic N) is 2. The third kappa shape index (κ3) is 2.20. The number of rotatable bonds is 2. The lowest BCUT2D eigenvalue weighted by Crippen LogP contribution is -2.44. The van der Waals surface area contributed by atoms with Crippen LogP contribution < -0.4 is 0 Å². The molecule has 5 nitrogen and oxygen atoms in total. The van der Waals surface area contributed by atoms with Gasteiger partial charge in [0.15, 0.2) is 0 Å². The van der Waals surface area contributed by atoms with Gasteiger partial charge in [0.2, 0.25) is 0 Å². The van der Waals surface area contributed by atoms with E-state index in [9.17, 15) is 4.79 Å². The van der Waals surface area contributed by atoms with Crippen molar-refractivity contribution in [2.45, 2.75) is 31.8 Å². The maximum atomic E-state index is 12.2. The van der Waals surface area contributed by atoms with Crippen LogP contribution in [0.3, 0.4) is 0 Å². The molecule has 17 heavy (non-hydrogen) atoms. The summed E-state index contributed by atoms with van der Waals surface area (Å²) in [5, 5.41) is 7.09. The Morgan fingerprint density at radius 1 is 1.59 bits per heavy atom. The molecule has 0 aromatic carbocycles. The van der Waals surface area contributed by atoms with Gasteiger partial charge in [-0.2, -0.15) is 5.10 Å². The van der Waals surface area contributed by atoms with Crippen LogP contribution >= 0.6 is 0 Å². The van der Waals surface area contributed by atoms with Gasteiger partial charge in [0.25, 0.3) is 5.91 Å². The van der Waals surface area contributed by atoms with Gasteiger partial charge in [-0.05, 0) is 25.8 Å². The van der Waals surface area contributed by atoms with Gasteiger partial charge in [-0.3, -0.25) is 9.89 Å². The Bertz CT molecular complexity index is 425. The first-order valence-corrected chi connectivity index (χ1v) is 6.20. The molecule has 1 aliphatic carbocycles. The van der Waals surface area contributed by atoms with Crippen molar-refractivity contribution in [2.24, 2.45) is 0 Å². The van der Waals surface area contributed by atoms with Crippen LogP contribution in [-0.4, -0.2) is 46.8 Å². The molecule has 1 amide bonds. The normalized spacial score (nSPS) is 25.0. The summed E-state index contributed by atoms with van der Waals surface area (Å²) in [6.45, 7) is 3.92. The number of H-pyrrole nitrogens is 1. The monoisotopic (exact) mass is 235 g/mol. The second-order valence-electron chi connectivity index (χ2n) is 4.92. The van der Waals surface area contributed by atoms with Crippen LogP contribution in [0.25, 0.3) is 0 Å². The number of nitrogens with one attached hydrogen (secondary N) is 1. The first kappa shape index (κ1) is 10.8. The molecular formula is C12H17N3O2. The van der Waals surface area contributed by atoms with Gasteiger partial charge in [-0.1, -0.05) is 0 Å². The van der Waals surface area contributed by atoms with Crippen LogP contribution in [0, 0.1) is 0 Å². The molecule has 0 radical (unpaired) electrons. The third-order valence-corrected chi connectivity index (χ3v) is 3.36. The molecule has 1 N–H and O–H groups in total. The van der Waals surface area contributed by atoms with Crippen molar-refractivity contribution >= 4 is 5.91 Å². The predicted molar refractivity (Wildman–Crippen MR) is 61.9 cm³/mol. The molecule has 1 saturated heterocycles. The maximum Gasteiger partial charge on any atom is 0.274 e. The second kappa shape index (κ2) is 4.14. The predicted octanol–water partition coefficient (Wildman–Crippen LogP) is 1.15. The van der Waals surface area contributed by atoms with Crippen LogP contribution in [-0.2, 0) is 4.74 Å². The minimum Gasteiger partial charge on any atom is -0.375 e. The fourth-order valence-electron chi connectivity index (χ4n) is 2.21. The van der Waals surface area contributed by atoms with E-state index in [1.165, 1.54) is 12.8 Å². The number of hydrogen-bond donors (Lipinski definition) is 1. The standard InChI is InChI=1S/C12H17N3O2/c1-8-7-15(4-5-17-8)12(16)11-6-10(13-14-11)9-2-3-9/h6,8-9H,2-5,7H2,1H3,(H,13,14)/t8-/m0/s1. The average Bonchev–Trinajstić information content (AvgIpc) is 3.07. The fraction of sp³-hybridized carbons (Fsp3) is 0.667. The van der Waals surface area contributed by atoms with Crippen LogP contribution in [0.2, 0.25) is 0 Å². The highest BCUT2D eigenvalue weighted by Crippen LogP contribution is 2.39. The molecule has 1 aromatic heterocycles. The van der Waals surface area contributed by atoms with E-state index in [0.717, 1.165) is 5.69 Å². The van der Waals surface area contributed by atoms with E-state index >= 15 is 0 Å². The van der Waals surface area contributed by atoms with Crippen molar-refractivity contribution < 1.29 is 9.53 Å². The van der Waals surface area contributed by atoms with Gasteiger partial charge >= 0.3 is 0 Å². The summed E-state index contributed by atoms with van der Waals surface area (Å²) >= 11 is 0. The summed E-state index contributed by atoms with van der Waals surface area (Å²) < 4.78 is 5.43. The molecule has 2 fully saturated rings.